The molecular weight excluding hydrogens is 271 g/mol. The van der Waals surface area contributed by atoms with Crippen LogP contribution in [0, 0.1) is 5.82 Å². The monoisotopic (exact) mass is 279 g/mol. The van der Waals surface area contributed by atoms with Crippen LogP contribution in [0.4, 0.5) is 4.39 Å². The van der Waals surface area contributed by atoms with Gasteiger partial charge in [0.25, 0.3) is 5.91 Å². The molecule has 18 heavy (non-hydrogen) atoms. The zero-order chi connectivity index (χ0) is 13.1. The second-order valence-corrected chi connectivity index (χ2v) is 5.35. The van der Waals surface area contributed by atoms with E-state index in [1.54, 1.807) is 12.1 Å². The van der Waals surface area contributed by atoms with Crippen LogP contribution in [0.15, 0.2) is 30.3 Å². The molecular formula is C12H8BClFNOS. The minimum atomic E-state index is -0.395. The Kier molecular flexibility index (Phi) is 4.04. The number of halogens is 2. The van der Waals surface area contributed by atoms with Crippen molar-refractivity contribution < 1.29 is 9.18 Å². The molecule has 1 aromatic heterocycles. The van der Waals surface area contributed by atoms with Crippen LogP contribution in [-0.4, -0.2) is 13.8 Å². The van der Waals surface area contributed by atoms with Crippen molar-refractivity contribution in [1.82, 2.24) is 5.32 Å². The topological polar surface area (TPSA) is 29.1 Å². The molecule has 2 nitrogen and oxygen atoms in total. The van der Waals surface area contributed by atoms with Crippen LogP contribution in [0.3, 0.4) is 0 Å². The van der Waals surface area contributed by atoms with Crippen LogP contribution in [0.2, 0.25) is 4.34 Å². The van der Waals surface area contributed by atoms with Crippen LogP contribution in [0.1, 0.15) is 15.2 Å². The molecule has 0 bridgehead atoms. The van der Waals surface area contributed by atoms with E-state index in [-0.39, 0.29) is 12.5 Å². The lowest BCUT2D eigenvalue weighted by Gasteiger charge is -2.06. The molecule has 2 aromatic rings. The second-order valence-electron chi connectivity index (χ2n) is 3.64. The molecule has 90 valence electrons. The number of amides is 1. The van der Waals surface area contributed by atoms with Gasteiger partial charge in [-0.15, -0.1) is 11.3 Å². The van der Waals surface area contributed by atoms with Crippen molar-refractivity contribution in [1.29, 1.82) is 0 Å². The average molecular weight is 280 g/mol. The molecule has 1 N–H and O–H groups in total. The maximum Gasteiger partial charge on any atom is 0.261 e. The Bertz CT molecular complexity index is 587. The molecule has 0 spiro atoms. The summed E-state index contributed by atoms with van der Waals surface area (Å²) in [6, 6.07) is 7.51. The summed E-state index contributed by atoms with van der Waals surface area (Å²) in [6.07, 6.45) is 0. The van der Waals surface area contributed by atoms with E-state index in [0.717, 1.165) is 0 Å². The molecule has 2 radical (unpaired) electrons. The Hall–Kier alpha value is -1.33. The van der Waals surface area contributed by atoms with E-state index in [9.17, 15) is 9.18 Å². The zero-order valence-electron chi connectivity index (χ0n) is 9.24. The average Bonchev–Trinajstić information content (AvgIpc) is 2.77. The van der Waals surface area contributed by atoms with Crippen molar-refractivity contribution in [2.24, 2.45) is 0 Å². The lowest BCUT2D eigenvalue weighted by molar-refractivity contribution is 0.0954. The summed E-state index contributed by atoms with van der Waals surface area (Å²) in [5.41, 5.74) is 0.811. The smallest absolute Gasteiger partial charge is 0.261 e. The number of rotatable bonds is 3. The number of hydrogen-bond acceptors (Lipinski definition) is 2. The summed E-state index contributed by atoms with van der Waals surface area (Å²) in [5.74, 6) is -0.678. The fourth-order valence-electron chi connectivity index (χ4n) is 1.43. The summed E-state index contributed by atoms with van der Waals surface area (Å²) in [7, 11) is 5.55. The standard InChI is InChI=1S/C12H8BClFNOS/c13-8-1-2-9(15)7(5-8)6-16-12(17)10-3-4-11(14)18-10/h1-5H,6H2,(H,16,17). The third-order valence-electron chi connectivity index (χ3n) is 2.31. The Labute approximate surface area is 114 Å². The molecule has 0 aliphatic heterocycles. The zero-order valence-corrected chi connectivity index (χ0v) is 10.8. The molecule has 0 aliphatic rings. The molecule has 0 unspecified atom stereocenters. The Morgan fingerprint density at radius 3 is 2.83 bits per heavy atom. The third-order valence-corrected chi connectivity index (χ3v) is 3.54. The normalized spacial score (nSPS) is 10.3. The molecule has 2 rings (SSSR count). The maximum absolute atomic E-state index is 13.4. The maximum atomic E-state index is 13.4. The summed E-state index contributed by atoms with van der Waals surface area (Å²) < 4.78 is 13.9. The van der Waals surface area contributed by atoms with E-state index in [4.69, 9.17) is 19.4 Å². The van der Waals surface area contributed by atoms with E-state index < -0.39 is 5.82 Å². The van der Waals surface area contributed by atoms with Gasteiger partial charge in [-0.05, 0) is 18.2 Å². The van der Waals surface area contributed by atoms with Gasteiger partial charge in [-0.2, -0.15) is 0 Å². The van der Waals surface area contributed by atoms with Crippen LogP contribution < -0.4 is 10.8 Å². The number of nitrogens with one attached hydrogen (secondary N) is 1. The fourth-order valence-corrected chi connectivity index (χ4v) is 2.39. The molecule has 1 heterocycles. The number of carbonyl (C=O) groups is 1. The minimum Gasteiger partial charge on any atom is -0.347 e. The molecule has 1 amide bonds. The number of hydrogen-bond donors (Lipinski definition) is 1. The second kappa shape index (κ2) is 5.54. The first-order valence-corrected chi connectivity index (χ1v) is 6.33. The molecule has 0 fully saturated rings. The Morgan fingerprint density at radius 1 is 1.39 bits per heavy atom. The highest BCUT2D eigenvalue weighted by atomic mass is 35.5. The van der Waals surface area contributed by atoms with Gasteiger partial charge in [-0.1, -0.05) is 29.2 Å². The highest BCUT2D eigenvalue weighted by Crippen LogP contribution is 2.21. The van der Waals surface area contributed by atoms with Gasteiger partial charge >= 0.3 is 0 Å². The fraction of sp³-hybridized carbons (Fsp3) is 0.0833. The number of thiophene rings is 1. The quantitative estimate of drug-likeness (QED) is 0.858. The summed E-state index contributed by atoms with van der Waals surface area (Å²) in [5, 5.41) is 2.61. The summed E-state index contributed by atoms with van der Waals surface area (Å²) in [4.78, 5) is 12.2. The van der Waals surface area contributed by atoms with Gasteiger partial charge in [-0.3, -0.25) is 4.79 Å². The van der Waals surface area contributed by atoms with E-state index >= 15 is 0 Å². The molecule has 0 saturated heterocycles. The highest BCUT2D eigenvalue weighted by molar-refractivity contribution is 7.17. The third kappa shape index (κ3) is 3.12. The van der Waals surface area contributed by atoms with Crippen LogP contribution in [0.25, 0.3) is 0 Å². The van der Waals surface area contributed by atoms with E-state index in [1.807, 2.05) is 0 Å². The molecule has 1 aromatic carbocycles. The van der Waals surface area contributed by atoms with Crippen molar-refractivity contribution in [3.8, 4) is 0 Å². The van der Waals surface area contributed by atoms with E-state index in [0.29, 0.717) is 20.2 Å². The first-order chi connectivity index (χ1) is 8.56. The minimum absolute atomic E-state index is 0.0885. The number of carbonyl (C=O) groups excluding carboxylic acids is 1. The van der Waals surface area contributed by atoms with Gasteiger partial charge in [0, 0.05) is 12.1 Å². The SMILES string of the molecule is [B]c1ccc(F)c(CNC(=O)c2ccc(Cl)s2)c1. The van der Waals surface area contributed by atoms with E-state index in [2.05, 4.69) is 5.32 Å². The van der Waals surface area contributed by atoms with Crippen molar-refractivity contribution >= 4 is 42.2 Å². The van der Waals surface area contributed by atoms with Gasteiger partial charge < -0.3 is 5.32 Å². The molecule has 0 atom stereocenters. The first kappa shape index (κ1) is 13.1. The molecule has 0 saturated carbocycles. The van der Waals surface area contributed by atoms with Crippen molar-refractivity contribution in [2.45, 2.75) is 6.54 Å². The van der Waals surface area contributed by atoms with Gasteiger partial charge in [0.05, 0.1) is 9.21 Å². The predicted molar refractivity (Wildman–Crippen MR) is 72.3 cm³/mol. The van der Waals surface area contributed by atoms with Gasteiger partial charge in [0.2, 0.25) is 0 Å². The Morgan fingerprint density at radius 2 is 2.17 bits per heavy atom. The molecule has 6 heteroatoms. The lowest BCUT2D eigenvalue weighted by Crippen LogP contribution is -2.23. The number of benzene rings is 1. The van der Waals surface area contributed by atoms with Crippen molar-refractivity contribution in [2.75, 3.05) is 0 Å². The van der Waals surface area contributed by atoms with Gasteiger partial charge in [0.1, 0.15) is 13.7 Å². The highest BCUT2D eigenvalue weighted by Gasteiger charge is 2.09. The van der Waals surface area contributed by atoms with Crippen molar-refractivity contribution in [3.63, 3.8) is 0 Å². The van der Waals surface area contributed by atoms with E-state index in [1.165, 1.54) is 29.5 Å². The molecule has 0 aliphatic carbocycles. The summed E-state index contributed by atoms with van der Waals surface area (Å²) in [6.45, 7) is 0.0885. The first-order valence-electron chi connectivity index (χ1n) is 5.13. The van der Waals surface area contributed by atoms with Crippen LogP contribution >= 0.6 is 22.9 Å². The lowest BCUT2D eigenvalue weighted by atomic mass is 9.94. The van der Waals surface area contributed by atoms with Crippen LogP contribution in [-0.2, 0) is 6.54 Å². The van der Waals surface area contributed by atoms with Gasteiger partial charge in [-0.25, -0.2) is 4.39 Å². The van der Waals surface area contributed by atoms with Crippen molar-refractivity contribution in [3.05, 3.63) is 50.9 Å². The summed E-state index contributed by atoms with van der Waals surface area (Å²) >= 11 is 6.90. The largest absolute Gasteiger partial charge is 0.347 e. The van der Waals surface area contributed by atoms with Crippen LogP contribution in [0.5, 0.6) is 0 Å². The van der Waals surface area contributed by atoms with Gasteiger partial charge in [0.15, 0.2) is 0 Å². The predicted octanol–water partition coefficient (Wildman–Crippen LogP) is 2.26. The Balaban J connectivity index is 2.03.